The van der Waals surface area contributed by atoms with Crippen LogP contribution in [0.25, 0.3) is 0 Å². The van der Waals surface area contributed by atoms with Crippen LogP contribution < -0.4 is 10.4 Å². The standard InChI is InChI=1S/C13H22N2/c1-10(2)14-15(11(3)4)13-8-6-12(5)7-9-13/h6-11,14H,1-5H3. The van der Waals surface area contributed by atoms with E-state index in [9.17, 15) is 0 Å². The average molecular weight is 206 g/mol. The molecule has 2 nitrogen and oxygen atoms in total. The van der Waals surface area contributed by atoms with E-state index in [1.807, 2.05) is 0 Å². The molecule has 2 heteroatoms. The van der Waals surface area contributed by atoms with Gasteiger partial charge in [-0.2, -0.15) is 0 Å². The van der Waals surface area contributed by atoms with Crippen molar-refractivity contribution in [3.63, 3.8) is 0 Å². The van der Waals surface area contributed by atoms with Crippen molar-refractivity contribution in [2.45, 2.75) is 46.7 Å². The Morgan fingerprint density at radius 2 is 1.53 bits per heavy atom. The van der Waals surface area contributed by atoms with Crippen LogP contribution >= 0.6 is 0 Å². The lowest BCUT2D eigenvalue weighted by molar-refractivity contribution is 0.505. The molecule has 0 aliphatic heterocycles. The second kappa shape index (κ2) is 5.17. The van der Waals surface area contributed by atoms with Crippen LogP contribution in [0.2, 0.25) is 0 Å². The van der Waals surface area contributed by atoms with Gasteiger partial charge >= 0.3 is 0 Å². The fraction of sp³-hybridized carbons (Fsp3) is 0.538. The molecular weight excluding hydrogens is 184 g/mol. The zero-order chi connectivity index (χ0) is 11.4. The summed E-state index contributed by atoms with van der Waals surface area (Å²) in [6, 6.07) is 9.51. The first-order valence-electron chi connectivity index (χ1n) is 5.62. The summed E-state index contributed by atoms with van der Waals surface area (Å²) in [5.41, 5.74) is 5.97. The van der Waals surface area contributed by atoms with Crippen LogP contribution in [0.15, 0.2) is 24.3 Å². The second-order valence-corrected chi connectivity index (χ2v) is 4.58. The minimum absolute atomic E-state index is 0.453. The highest BCUT2D eigenvalue weighted by Gasteiger charge is 2.10. The van der Waals surface area contributed by atoms with Gasteiger partial charge < -0.3 is 5.01 Å². The first-order valence-corrected chi connectivity index (χ1v) is 5.62. The fourth-order valence-corrected chi connectivity index (χ4v) is 1.51. The van der Waals surface area contributed by atoms with Crippen molar-refractivity contribution in [1.29, 1.82) is 0 Å². The summed E-state index contributed by atoms with van der Waals surface area (Å²) in [7, 11) is 0. The maximum absolute atomic E-state index is 3.45. The molecule has 0 saturated heterocycles. The molecule has 1 aromatic rings. The second-order valence-electron chi connectivity index (χ2n) is 4.58. The molecular formula is C13H22N2. The van der Waals surface area contributed by atoms with Gasteiger partial charge in [0.05, 0.1) is 5.69 Å². The van der Waals surface area contributed by atoms with E-state index in [-0.39, 0.29) is 0 Å². The van der Waals surface area contributed by atoms with Crippen LogP contribution in [0.3, 0.4) is 0 Å². The monoisotopic (exact) mass is 206 g/mol. The van der Waals surface area contributed by atoms with Crippen LogP contribution in [-0.2, 0) is 0 Å². The summed E-state index contributed by atoms with van der Waals surface area (Å²) in [4.78, 5) is 0. The number of benzene rings is 1. The number of nitrogens with one attached hydrogen (secondary N) is 1. The molecule has 0 unspecified atom stereocenters. The molecule has 0 saturated carbocycles. The number of hydrogen-bond donors (Lipinski definition) is 1. The predicted octanol–water partition coefficient (Wildman–Crippen LogP) is 3.12. The first kappa shape index (κ1) is 12.1. The number of rotatable bonds is 4. The Kier molecular flexibility index (Phi) is 4.15. The number of hydrogen-bond acceptors (Lipinski definition) is 2. The molecule has 0 aliphatic carbocycles. The van der Waals surface area contributed by atoms with E-state index in [4.69, 9.17) is 0 Å². The lowest BCUT2D eigenvalue weighted by Gasteiger charge is -2.31. The van der Waals surface area contributed by atoms with E-state index < -0.39 is 0 Å². The minimum atomic E-state index is 0.453. The normalized spacial score (nSPS) is 11.1. The van der Waals surface area contributed by atoms with Crippen molar-refractivity contribution < 1.29 is 0 Å². The van der Waals surface area contributed by atoms with Gasteiger partial charge in [-0.05, 0) is 46.8 Å². The number of anilines is 1. The summed E-state index contributed by atoms with van der Waals surface area (Å²) < 4.78 is 0. The summed E-state index contributed by atoms with van der Waals surface area (Å²) in [5, 5.41) is 2.21. The Labute approximate surface area is 93.3 Å². The average Bonchev–Trinajstić information content (AvgIpc) is 2.15. The summed E-state index contributed by atoms with van der Waals surface area (Å²) in [6.07, 6.45) is 0. The van der Waals surface area contributed by atoms with E-state index in [1.54, 1.807) is 0 Å². The van der Waals surface area contributed by atoms with Crippen molar-refractivity contribution in [2.24, 2.45) is 0 Å². The molecule has 1 N–H and O–H groups in total. The quantitative estimate of drug-likeness (QED) is 0.761. The Bertz CT molecular complexity index is 288. The zero-order valence-corrected chi connectivity index (χ0v) is 10.4. The van der Waals surface area contributed by atoms with Gasteiger partial charge in [0, 0.05) is 12.1 Å². The molecule has 1 aromatic carbocycles. The van der Waals surface area contributed by atoms with Crippen LogP contribution in [0.1, 0.15) is 33.3 Å². The number of nitrogens with zero attached hydrogens (tertiary/aromatic N) is 1. The van der Waals surface area contributed by atoms with Gasteiger partial charge in [0.1, 0.15) is 0 Å². The van der Waals surface area contributed by atoms with Crippen LogP contribution in [0.5, 0.6) is 0 Å². The van der Waals surface area contributed by atoms with E-state index >= 15 is 0 Å². The molecule has 84 valence electrons. The van der Waals surface area contributed by atoms with E-state index in [0.29, 0.717) is 12.1 Å². The van der Waals surface area contributed by atoms with Crippen molar-refractivity contribution in [2.75, 3.05) is 5.01 Å². The molecule has 0 aliphatic rings. The largest absolute Gasteiger partial charge is 0.306 e. The van der Waals surface area contributed by atoms with Crippen molar-refractivity contribution in [3.8, 4) is 0 Å². The fourth-order valence-electron chi connectivity index (χ4n) is 1.51. The van der Waals surface area contributed by atoms with E-state index in [1.165, 1.54) is 11.3 Å². The zero-order valence-electron chi connectivity index (χ0n) is 10.4. The maximum atomic E-state index is 3.45. The van der Waals surface area contributed by atoms with Gasteiger partial charge in [0.25, 0.3) is 0 Å². The molecule has 0 fully saturated rings. The third-order valence-electron chi connectivity index (χ3n) is 2.23. The van der Waals surface area contributed by atoms with Gasteiger partial charge in [-0.25, -0.2) is 5.43 Å². The molecule has 0 atom stereocenters. The molecule has 0 radical (unpaired) electrons. The Morgan fingerprint density at radius 1 is 1.00 bits per heavy atom. The lowest BCUT2D eigenvalue weighted by Crippen LogP contribution is -2.46. The summed E-state index contributed by atoms with van der Waals surface area (Å²) >= 11 is 0. The smallest absolute Gasteiger partial charge is 0.0523 e. The molecule has 0 spiro atoms. The van der Waals surface area contributed by atoms with Gasteiger partial charge in [-0.15, -0.1) is 0 Å². The number of aryl methyl sites for hydroxylation is 1. The maximum Gasteiger partial charge on any atom is 0.0523 e. The summed E-state index contributed by atoms with van der Waals surface area (Å²) in [6.45, 7) is 10.8. The SMILES string of the molecule is Cc1ccc(N(NC(C)C)C(C)C)cc1. The van der Waals surface area contributed by atoms with Gasteiger partial charge in [0.15, 0.2) is 0 Å². The highest BCUT2D eigenvalue weighted by atomic mass is 15.5. The van der Waals surface area contributed by atoms with E-state index in [2.05, 4.69) is 69.3 Å². The van der Waals surface area contributed by atoms with Gasteiger partial charge in [-0.3, -0.25) is 0 Å². The third-order valence-corrected chi connectivity index (χ3v) is 2.23. The van der Waals surface area contributed by atoms with Crippen LogP contribution in [0.4, 0.5) is 5.69 Å². The molecule has 0 bridgehead atoms. The third kappa shape index (κ3) is 3.56. The summed E-state index contributed by atoms with van der Waals surface area (Å²) in [5.74, 6) is 0. The van der Waals surface area contributed by atoms with Crippen molar-refractivity contribution in [1.82, 2.24) is 5.43 Å². The Balaban J connectivity index is 2.84. The molecule has 0 amide bonds. The van der Waals surface area contributed by atoms with Crippen molar-refractivity contribution >= 4 is 5.69 Å². The highest BCUT2D eigenvalue weighted by Crippen LogP contribution is 2.15. The first-order chi connectivity index (χ1) is 7.00. The minimum Gasteiger partial charge on any atom is -0.306 e. The predicted molar refractivity (Wildman–Crippen MR) is 67.1 cm³/mol. The van der Waals surface area contributed by atoms with Crippen LogP contribution in [-0.4, -0.2) is 12.1 Å². The lowest BCUT2D eigenvalue weighted by atomic mass is 10.2. The van der Waals surface area contributed by atoms with Gasteiger partial charge in [0.2, 0.25) is 0 Å². The molecule has 15 heavy (non-hydrogen) atoms. The molecule has 0 heterocycles. The molecule has 1 rings (SSSR count). The van der Waals surface area contributed by atoms with Gasteiger partial charge in [-0.1, -0.05) is 17.7 Å². The topological polar surface area (TPSA) is 15.3 Å². The highest BCUT2D eigenvalue weighted by molar-refractivity contribution is 5.47. The van der Waals surface area contributed by atoms with Crippen molar-refractivity contribution in [3.05, 3.63) is 29.8 Å². The van der Waals surface area contributed by atoms with E-state index in [0.717, 1.165) is 0 Å². The Hall–Kier alpha value is -1.02. The van der Waals surface area contributed by atoms with Crippen LogP contribution in [0, 0.1) is 6.92 Å². The number of hydrazine groups is 1. The molecule has 0 aromatic heterocycles. The Morgan fingerprint density at radius 3 is 1.93 bits per heavy atom.